The van der Waals surface area contributed by atoms with Gasteiger partial charge in [-0.05, 0) is 80.9 Å². The zero-order chi connectivity index (χ0) is 29.0. The third kappa shape index (κ3) is 6.22. The molecule has 0 spiro atoms. The Morgan fingerprint density at radius 2 is 1.59 bits per heavy atom. The molecule has 0 aliphatic carbocycles. The van der Waals surface area contributed by atoms with Crippen molar-refractivity contribution in [2.45, 2.75) is 41.4 Å². The molecule has 1 amide bonds. The van der Waals surface area contributed by atoms with Gasteiger partial charge in [-0.1, -0.05) is 42.5 Å². The molecular weight excluding hydrogens is 543 g/mol. The summed E-state index contributed by atoms with van der Waals surface area (Å²) in [6, 6.07) is 22.0. The number of aliphatic hydroxyl groups excluding tert-OH is 1. The van der Waals surface area contributed by atoms with Gasteiger partial charge in [-0.2, -0.15) is 0 Å². The third-order valence-electron chi connectivity index (χ3n) is 8.01. The molecule has 3 aromatic rings. The van der Waals surface area contributed by atoms with Gasteiger partial charge in [0.1, 0.15) is 5.82 Å². The summed E-state index contributed by atoms with van der Waals surface area (Å²) in [6.45, 7) is 2.57. The summed E-state index contributed by atoms with van der Waals surface area (Å²) < 4.78 is 11.9. The van der Waals surface area contributed by atoms with Gasteiger partial charge in [0.25, 0.3) is 5.91 Å². The van der Waals surface area contributed by atoms with Crippen molar-refractivity contribution in [1.29, 1.82) is 0 Å². The number of carbonyl (C=O) groups is 3. The molecule has 0 radical (unpaired) electrons. The molecule has 0 saturated carbocycles. The van der Waals surface area contributed by atoms with Gasteiger partial charge in [0, 0.05) is 22.9 Å². The Morgan fingerprint density at radius 3 is 2.27 bits per heavy atom. The lowest BCUT2D eigenvalue weighted by Crippen LogP contribution is -2.49. The van der Waals surface area contributed by atoms with Gasteiger partial charge in [-0.25, -0.2) is 4.39 Å². The monoisotopic (exact) mass is 576 g/mol. The van der Waals surface area contributed by atoms with E-state index in [4.69, 9.17) is 0 Å². The number of ketones is 1. The van der Waals surface area contributed by atoms with Crippen LogP contribution in [0.15, 0.2) is 83.8 Å². The lowest BCUT2D eigenvalue weighted by molar-refractivity contribution is -0.139. The number of likely N-dealkylation sites (tertiary alicyclic amines) is 1. The Hall–Kier alpha value is -3.53. The maximum absolute atomic E-state index is 13.8. The smallest absolute Gasteiger partial charge is 0.305 e. The number of aliphatic carboxylic acids is 1. The summed E-state index contributed by atoms with van der Waals surface area (Å²) in [4.78, 5) is 43.3. The van der Waals surface area contributed by atoms with Crippen molar-refractivity contribution in [3.05, 3.63) is 95.8 Å². The fourth-order valence-corrected chi connectivity index (χ4v) is 7.32. The Labute approximate surface area is 243 Å². The Bertz CT molecular complexity index is 1390. The minimum Gasteiger partial charge on any atom is -0.481 e. The van der Waals surface area contributed by atoms with Crippen molar-refractivity contribution in [1.82, 2.24) is 4.90 Å². The van der Waals surface area contributed by atoms with Crippen molar-refractivity contribution in [2.24, 2.45) is 5.92 Å². The van der Waals surface area contributed by atoms with Gasteiger partial charge in [-0.3, -0.25) is 14.4 Å². The van der Waals surface area contributed by atoms with Crippen LogP contribution in [0.4, 0.5) is 10.1 Å². The average molecular weight is 577 g/mol. The molecule has 5 rings (SSSR count). The highest BCUT2D eigenvalue weighted by Crippen LogP contribution is 2.52. The maximum Gasteiger partial charge on any atom is 0.305 e. The SMILES string of the molecule is O=C(O)CC1(c2ccccc2)Sc2ccccc2N(CCCN2CCC(C(=O)c3ccc(F)cc3)CC2)C(=O)C1O. The van der Waals surface area contributed by atoms with E-state index in [0.717, 1.165) is 18.0 Å². The van der Waals surface area contributed by atoms with Crippen LogP contribution in [-0.2, 0) is 14.3 Å². The number of halogens is 1. The Morgan fingerprint density at radius 1 is 0.927 bits per heavy atom. The number of carbonyl (C=O) groups excluding carboxylic acids is 2. The molecule has 1 fully saturated rings. The number of piperidine rings is 1. The first-order chi connectivity index (χ1) is 19.8. The molecule has 2 N–H and O–H groups in total. The van der Waals surface area contributed by atoms with Gasteiger partial charge < -0.3 is 20.0 Å². The van der Waals surface area contributed by atoms with Crippen molar-refractivity contribution in [3.63, 3.8) is 0 Å². The number of benzene rings is 3. The van der Waals surface area contributed by atoms with Crippen LogP contribution in [0.5, 0.6) is 0 Å². The molecule has 2 heterocycles. The van der Waals surface area contributed by atoms with Crippen LogP contribution in [0.2, 0.25) is 0 Å². The molecule has 2 aliphatic heterocycles. The summed E-state index contributed by atoms with van der Waals surface area (Å²) >= 11 is 1.23. The third-order valence-corrected chi connectivity index (χ3v) is 9.54. The number of carboxylic acids is 1. The fourth-order valence-electron chi connectivity index (χ4n) is 5.83. The highest BCUT2D eigenvalue weighted by Gasteiger charge is 2.50. The van der Waals surface area contributed by atoms with E-state index in [1.807, 2.05) is 30.3 Å². The summed E-state index contributed by atoms with van der Waals surface area (Å²) in [5, 5.41) is 21.3. The zero-order valence-corrected chi connectivity index (χ0v) is 23.4. The van der Waals surface area contributed by atoms with Crippen molar-refractivity contribution >= 4 is 35.1 Å². The molecule has 0 aromatic heterocycles. The molecule has 7 nitrogen and oxygen atoms in total. The molecular formula is C32H33FN2O5S. The van der Waals surface area contributed by atoms with E-state index < -0.39 is 29.1 Å². The van der Waals surface area contributed by atoms with Crippen LogP contribution in [-0.4, -0.2) is 65.1 Å². The minimum absolute atomic E-state index is 0.0474. The number of fused-ring (bicyclic) bond motifs is 1. The summed E-state index contributed by atoms with van der Waals surface area (Å²) in [5.41, 5.74) is 1.78. The van der Waals surface area contributed by atoms with Crippen LogP contribution in [0.3, 0.4) is 0 Å². The van der Waals surface area contributed by atoms with E-state index in [0.29, 0.717) is 49.2 Å². The fraction of sp³-hybridized carbons (Fsp3) is 0.344. The Kier molecular flexibility index (Phi) is 8.87. The van der Waals surface area contributed by atoms with E-state index in [9.17, 15) is 29.0 Å². The van der Waals surface area contributed by atoms with E-state index in [1.54, 1.807) is 29.2 Å². The number of nitrogens with zero attached hydrogens (tertiary/aromatic N) is 2. The number of rotatable bonds is 9. The first-order valence-electron chi connectivity index (χ1n) is 13.9. The second kappa shape index (κ2) is 12.5. The second-order valence-electron chi connectivity index (χ2n) is 10.6. The van der Waals surface area contributed by atoms with Crippen LogP contribution in [0.1, 0.15) is 41.6 Å². The van der Waals surface area contributed by atoms with E-state index in [-0.39, 0.29) is 17.5 Å². The second-order valence-corrected chi connectivity index (χ2v) is 12.0. The molecule has 2 unspecified atom stereocenters. The number of carboxylic acid groups (broad SMARTS) is 1. The Balaban J connectivity index is 1.27. The molecule has 41 heavy (non-hydrogen) atoms. The number of para-hydroxylation sites is 1. The molecule has 1 saturated heterocycles. The normalized spacial score (nSPS) is 21.8. The number of hydrogen-bond donors (Lipinski definition) is 2. The lowest BCUT2D eigenvalue weighted by Gasteiger charge is -2.35. The molecule has 214 valence electrons. The predicted molar refractivity (Wildman–Crippen MR) is 156 cm³/mol. The van der Waals surface area contributed by atoms with Crippen LogP contribution >= 0.6 is 11.8 Å². The van der Waals surface area contributed by atoms with Crippen LogP contribution in [0.25, 0.3) is 0 Å². The highest BCUT2D eigenvalue weighted by atomic mass is 32.2. The number of anilines is 1. The number of Topliss-reactive ketones (excluding diaryl/α,β-unsaturated/α-hetero) is 1. The topological polar surface area (TPSA) is 98.2 Å². The van der Waals surface area contributed by atoms with Gasteiger partial charge in [0.15, 0.2) is 11.9 Å². The minimum atomic E-state index is -1.56. The van der Waals surface area contributed by atoms with Gasteiger partial charge >= 0.3 is 5.97 Å². The molecule has 3 aromatic carbocycles. The van der Waals surface area contributed by atoms with Crippen molar-refractivity contribution in [3.8, 4) is 0 Å². The predicted octanol–water partition coefficient (Wildman–Crippen LogP) is 4.98. The molecule has 2 atom stereocenters. The van der Waals surface area contributed by atoms with E-state index in [1.165, 1.54) is 36.0 Å². The lowest BCUT2D eigenvalue weighted by atomic mass is 9.88. The summed E-state index contributed by atoms with van der Waals surface area (Å²) in [5.74, 6) is -2.02. The first-order valence-corrected chi connectivity index (χ1v) is 14.7. The van der Waals surface area contributed by atoms with Crippen molar-refractivity contribution in [2.75, 3.05) is 31.1 Å². The van der Waals surface area contributed by atoms with Gasteiger partial charge in [-0.15, -0.1) is 11.8 Å². The molecule has 2 aliphatic rings. The van der Waals surface area contributed by atoms with Crippen molar-refractivity contribution < 1.29 is 29.0 Å². The number of aliphatic hydroxyl groups is 1. The molecule has 0 bridgehead atoms. The average Bonchev–Trinajstić information content (AvgIpc) is 3.07. The van der Waals surface area contributed by atoms with Gasteiger partial charge in [0.2, 0.25) is 0 Å². The van der Waals surface area contributed by atoms with Gasteiger partial charge in [0.05, 0.1) is 16.9 Å². The maximum atomic E-state index is 13.8. The summed E-state index contributed by atoms with van der Waals surface area (Å²) in [7, 11) is 0. The number of thioether (sulfide) groups is 1. The molecule has 9 heteroatoms. The van der Waals surface area contributed by atoms with E-state index >= 15 is 0 Å². The number of amides is 1. The quantitative estimate of drug-likeness (QED) is 0.347. The summed E-state index contributed by atoms with van der Waals surface area (Å²) in [6.07, 6.45) is 0.0947. The first kappa shape index (κ1) is 29.0. The highest BCUT2D eigenvalue weighted by molar-refractivity contribution is 8.00. The van der Waals surface area contributed by atoms with Crippen LogP contribution in [0, 0.1) is 11.7 Å². The largest absolute Gasteiger partial charge is 0.481 e. The standard InChI is InChI=1S/C32H33FN2O5S/c33-25-13-11-22(12-14-25)29(38)23-15-19-34(20-16-23)17-6-18-35-26-9-4-5-10-27(26)41-32(21-28(36)37,30(39)31(35)40)24-7-2-1-3-8-24/h1-5,7-14,23,30,39H,6,15-21H2,(H,36,37). The number of hydrogen-bond acceptors (Lipinski definition) is 6. The van der Waals surface area contributed by atoms with E-state index in [2.05, 4.69) is 4.90 Å². The zero-order valence-electron chi connectivity index (χ0n) is 22.6. The van der Waals surface area contributed by atoms with Crippen LogP contribution < -0.4 is 4.90 Å².